The second-order valence-corrected chi connectivity index (χ2v) is 4.46. The van der Waals surface area contributed by atoms with Crippen LogP contribution in [0.4, 0.5) is 5.69 Å². The van der Waals surface area contributed by atoms with E-state index in [9.17, 15) is 4.79 Å². The minimum Gasteiger partial charge on any atom is -0.385 e. The van der Waals surface area contributed by atoms with Crippen LogP contribution in [0.1, 0.15) is 31.2 Å². The summed E-state index contributed by atoms with van der Waals surface area (Å²) in [5.74, 6) is 0.343. The zero-order valence-electron chi connectivity index (χ0n) is 9.62. The third-order valence-corrected chi connectivity index (χ3v) is 2.95. The van der Waals surface area contributed by atoms with Crippen molar-refractivity contribution in [1.82, 2.24) is 0 Å². The first-order valence-corrected chi connectivity index (χ1v) is 5.68. The molecule has 1 aromatic rings. The van der Waals surface area contributed by atoms with Crippen molar-refractivity contribution in [2.75, 3.05) is 11.9 Å². The first kappa shape index (κ1) is 10.9. The van der Waals surface area contributed by atoms with E-state index in [1.54, 1.807) is 0 Å². The molecular weight excluding hydrogens is 198 g/mol. The van der Waals surface area contributed by atoms with Crippen molar-refractivity contribution < 1.29 is 4.79 Å². The van der Waals surface area contributed by atoms with E-state index in [4.69, 9.17) is 0 Å². The van der Waals surface area contributed by atoms with Crippen molar-refractivity contribution in [3.05, 3.63) is 42.0 Å². The zero-order valence-corrected chi connectivity index (χ0v) is 9.62. The molecule has 0 fully saturated rings. The number of anilines is 1. The molecule has 1 unspecified atom stereocenters. The second kappa shape index (κ2) is 4.52. The summed E-state index contributed by atoms with van der Waals surface area (Å²) in [5.41, 5.74) is 3.19. The molecule has 2 nitrogen and oxygen atoms in total. The lowest BCUT2D eigenvalue weighted by molar-refractivity contribution is -0.120. The first-order valence-electron chi connectivity index (χ1n) is 5.68. The third kappa shape index (κ3) is 2.16. The van der Waals surface area contributed by atoms with E-state index in [2.05, 4.69) is 11.9 Å². The molecule has 1 atom stereocenters. The summed E-state index contributed by atoms with van der Waals surface area (Å²) >= 11 is 0. The van der Waals surface area contributed by atoms with Gasteiger partial charge in [0.05, 0.1) is 0 Å². The van der Waals surface area contributed by atoms with Crippen LogP contribution >= 0.6 is 0 Å². The summed E-state index contributed by atoms with van der Waals surface area (Å²) in [6, 6.07) is 8.07. The summed E-state index contributed by atoms with van der Waals surface area (Å²) in [5, 5.41) is 3.33. The molecule has 0 bridgehead atoms. The largest absolute Gasteiger partial charge is 0.385 e. The van der Waals surface area contributed by atoms with Gasteiger partial charge in [-0.25, -0.2) is 0 Å². The van der Waals surface area contributed by atoms with Crippen LogP contribution in [0, 0.1) is 0 Å². The Morgan fingerprint density at radius 2 is 2.25 bits per heavy atom. The maximum Gasteiger partial charge on any atom is 0.144 e. The van der Waals surface area contributed by atoms with E-state index < -0.39 is 0 Å². The Hall–Kier alpha value is -1.57. The molecule has 2 heteroatoms. The Labute approximate surface area is 96.4 Å². The lowest BCUT2D eigenvalue weighted by Crippen LogP contribution is -2.22. The molecule has 2 rings (SSSR count). The predicted molar refractivity (Wildman–Crippen MR) is 66.7 cm³/mol. The highest BCUT2D eigenvalue weighted by Gasteiger charge is 2.25. The lowest BCUT2D eigenvalue weighted by atomic mass is 9.85. The summed E-state index contributed by atoms with van der Waals surface area (Å²) in [6.45, 7) is 6.60. The number of Topliss-reactive ketones (excluding diaryl/α,β-unsaturated/α-hetero) is 1. The van der Waals surface area contributed by atoms with Crippen molar-refractivity contribution in [2.24, 2.45) is 0 Å². The van der Waals surface area contributed by atoms with Gasteiger partial charge in [0, 0.05) is 24.6 Å². The van der Waals surface area contributed by atoms with Crippen molar-refractivity contribution in [2.45, 2.75) is 25.7 Å². The number of ketones is 1. The summed E-state index contributed by atoms with van der Waals surface area (Å²) < 4.78 is 0. The van der Waals surface area contributed by atoms with Gasteiger partial charge in [0.15, 0.2) is 0 Å². The number of allylic oxidation sites excluding steroid dienone is 1. The molecule has 0 aliphatic carbocycles. The smallest absolute Gasteiger partial charge is 0.144 e. The second-order valence-electron chi connectivity index (χ2n) is 4.46. The number of nitrogens with one attached hydrogen (secondary N) is 1. The fraction of sp³-hybridized carbons (Fsp3) is 0.357. The molecule has 0 saturated carbocycles. The fourth-order valence-electron chi connectivity index (χ4n) is 2.22. The van der Waals surface area contributed by atoms with E-state index in [-0.39, 0.29) is 5.92 Å². The van der Waals surface area contributed by atoms with E-state index in [1.165, 1.54) is 0 Å². The molecule has 1 N–H and O–H groups in total. The standard InChI is InChI=1S/C14H17NO/c1-10(2)9-14(16)12-7-8-15-13-6-4-3-5-11(12)13/h3-6,12,15H,1,7-9H2,2H3. The van der Waals surface area contributed by atoms with Crippen LogP contribution in [0.15, 0.2) is 36.4 Å². The Morgan fingerprint density at radius 1 is 1.50 bits per heavy atom. The summed E-state index contributed by atoms with van der Waals surface area (Å²) in [6.07, 6.45) is 1.39. The predicted octanol–water partition coefficient (Wildman–Crippen LogP) is 3.12. The molecule has 16 heavy (non-hydrogen) atoms. The Bertz CT molecular complexity index is 422. The van der Waals surface area contributed by atoms with Crippen molar-refractivity contribution in [3.8, 4) is 0 Å². The minimum atomic E-state index is 0.0501. The number of hydrogen-bond donors (Lipinski definition) is 1. The average Bonchev–Trinajstić information content (AvgIpc) is 2.27. The Kier molecular flexibility index (Phi) is 3.09. The normalized spacial score (nSPS) is 18.4. The van der Waals surface area contributed by atoms with E-state index in [0.29, 0.717) is 12.2 Å². The number of para-hydroxylation sites is 1. The number of benzene rings is 1. The SMILES string of the molecule is C=C(C)CC(=O)C1CCNc2ccccc21. The number of carbonyl (C=O) groups excluding carboxylic acids is 1. The number of hydrogen-bond acceptors (Lipinski definition) is 2. The molecule has 84 valence electrons. The average molecular weight is 215 g/mol. The molecule has 0 saturated heterocycles. The van der Waals surface area contributed by atoms with Crippen molar-refractivity contribution in [3.63, 3.8) is 0 Å². The number of carbonyl (C=O) groups is 1. The van der Waals surface area contributed by atoms with Crippen molar-refractivity contribution in [1.29, 1.82) is 0 Å². The molecule has 0 amide bonds. The quantitative estimate of drug-likeness (QED) is 0.785. The fourth-order valence-corrected chi connectivity index (χ4v) is 2.22. The Balaban J connectivity index is 2.24. The molecule has 0 spiro atoms. The topological polar surface area (TPSA) is 29.1 Å². The zero-order chi connectivity index (χ0) is 11.5. The number of rotatable bonds is 3. The van der Waals surface area contributed by atoms with Gasteiger partial charge in [-0.1, -0.05) is 30.4 Å². The molecule has 1 heterocycles. The van der Waals surface area contributed by atoms with Gasteiger partial charge in [-0.2, -0.15) is 0 Å². The van der Waals surface area contributed by atoms with Crippen LogP contribution in [0.25, 0.3) is 0 Å². The maximum atomic E-state index is 12.1. The first-order chi connectivity index (χ1) is 7.68. The van der Waals surface area contributed by atoms with E-state index >= 15 is 0 Å². The van der Waals surface area contributed by atoms with Crippen LogP contribution in [-0.2, 0) is 4.79 Å². The van der Waals surface area contributed by atoms with E-state index in [0.717, 1.165) is 29.8 Å². The highest BCUT2D eigenvalue weighted by atomic mass is 16.1. The summed E-state index contributed by atoms with van der Waals surface area (Å²) in [4.78, 5) is 12.1. The van der Waals surface area contributed by atoms with Gasteiger partial charge >= 0.3 is 0 Å². The molecule has 0 radical (unpaired) electrons. The monoisotopic (exact) mass is 215 g/mol. The van der Waals surface area contributed by atoms with Gasteiger partial charge in [-0.15, -0.1) is 0 Å². The highest BCUT2D eigenvalue weighted by molar-refractivity contribution is 5.89. The van der Waals surface area contributed by atoms with Crippen LogP contribution in [0.3, 0.4) is 0 Å². The van der Waals surface area contributed by atoms with Gasteiger partial charge in [-0.3, -0.25) is 4.79 Å². The van der Waals surface area contributed by atoms with Gasteiger partial charge < -0.3 is 5.32 Å². The summed E-state index contributed by atoms with van der Waals surface area (Å²) in [7, 11) is 0. The minimum absolute atomic E-state index is 0.0501. The molecule has 1 aliphatic rings. The van der Waals surface area contributed by atoms with Gasteiger partial charge in [0.1, 0.15) is 5.78 Å². The molecule has 0 aromatic heterocycles. The maximum absolute atomic E-state index is 12.1. The van der Waals surface area contributed by atoms with Gasteiger partial charge in [0.2, 0.25) is 0 Å². The molecular formula is C14H17NO. The van der Waals surface area contributed by atoms with Crippen LogP contribution in [-0.4, -0.2) is 12.3 Å². The van der Waals surface area contributed by atoms with Gasteiger partial charge in [-0.05, 0) is 25.0 Å². The number of fused-ring (bicyclic) bond motifs is 1. The Morgan fingerprint density at radius 3 is 3.00 bits per heavy atom. The molecule has 1 aliphatic heterocycles. The van der Waals surface area contributed by atoms with Crippen molar-refractivity contribution >= 4 is 11.5 Å². The van der Waals surface area contributed by atoms with Gasteiger partial charge in [0.25, 0.3) is 0 Å². The lowest BCUT2D eigenvalue weighted by Gasteiger charge is -2.25. The molecule has 1 aromatic carbocycles. The van der Waals surface area contributed by atoms with E-state index in [1.807, 2.05) is 31.2 Å². The van der Waals surface area contributed by atoms with Crippen LogP contribution in [0.2, 0.25) is 0 Å². The third-order valence-electron chi connectivity index (χ3n) is 2.95. The van der Waals surface area contributed by atoms with Crippen LogP contribution < -0.4 is 5.32 Å². The van der Waals surface area contributed by atoms with Crippen LogP contribution in [0.5, 0.6) is 0 Å². The highest BCUT2D eigenvalue weighted by Crippen LogP contribution is 2.32.